The number of urea groups is 1. The van der Waals surface area contributed by atoms with Gasteiger partial charge in [0.25, 0.3) is 0 Å². The minimum absolute atomic E-state index is 0.0395. The van der Waals surface area contributed by atoms with Gasteiger partial charge in [0.1, 0.15) is 0 Å². The van der Waals surface area contributed by atoms with E-state index in [1.165, 1.54) is 11.3 Å². The third kappa shape index (κ3) is 6.21. The molecule has 1 aliphatic heterocycles. The molecule has 3 N–H and O–H groups in total. The molecule has 9 heteroatoms. The van der Waals surface area contributed by atoms with Crippen LogP contribution in [0.25, 0.3) is 0 Å². The number of carbonyl (C=O) groups excluding carboxylic acids is 2. The minimum atomic E-state index is -0.725. The Morgan fingerprint density at radius 1 is 1.12 bits per heavy atom. The van der Waals surface area contributed by atoms with E-state index in [4.69, 9.17) is 0 Å². The number of ketones is 1. The van der Waals surface area contributed by atoms with E-state index in [-0.39, 0.29) is 17.6 Å². The van der Waals surface area contributed by atoms with Crippen LogP contribution in [0.4, 0.5) is 15.6 Å². The summed E-state index contributed by atoms with van der Waals surface area (Å²) in [5.41, 5.74) is 2.95. The number of Topliss-reactive ketones (excluding diaryl/α,β-unsaturated/α-hetero) is 1. The van der Waals surface area contributed by atoms with Gasteiger partial charge in [-0.05, 0) is 51.3 Å². The Bertz CT molecular complexity index is 1050. The third-order valence-corrected chi connectivity index (χ3v) is 7.53. The van der Waals surface area contributed by atoms with E-state index in [1.54, 1.807) is 6.07 Å². The van der Waals surface area contributed by atoms with Crippen molar-refractivity contribution in [3.05, 3.63) is 40.4 Å². The van der Waals surface area contributed by atoms with Gasteiger partial charge in [-0.2, -0.15) is 0 Å². The summed E-state index contributed by atoms with van der Waals surface area (Å²) in [7, 11) is 0. The van der Waals surface area contributed by atoms with Gasteiger partial charge in [-0.15, -0.1) is 11.3 Å². The number of hydrogen-bond acceptors (Lipinski definition) is 6. The number of hydrogen-bond donors (Lipinski definition) is 3. The largest absolute Gasteiger partial charge is 0.481 e. The fourth-order valence-corrected chi connectivity index (χ4v) is 5.58. The maximum absolute atomic E-state index is 13.0. The highest BCUT2D eigenvalue weighted by Crippen LogP contribution is 2.31. The molecule has 2 aromatic rings. The first kappa shape index (κ1) is 24.3. The van der Waals surface area contributed by atoms with Crippen molar-refractivity contribution >= 4 is 39.9 Å². The summed E-state index contributed by atoms with van der Waals surface area (Å²) >= 11 is 1.35. The van der Waals surface area contributed by atoms with Crippen LogP contribution in [0.3, 0.4) is 0 Å². The molecule has 1 saturated carbocycles. The lowest BCUT2D eigenvalue weighted by atomic mass is 9.94. The van der Waals surface area contributed by atoms with Crippen molar-refractivity contribution in [2.75, 3.05) is 30.3 Å². The summed E-state index contributed by atoms with van der Waals surface area (Å²) < 4.78 is 0. The molecule has 182 valence electrons. The molecule has 0 unspecified atom stereocenters. The van der Waals surface area contributed by atoms with Crippen molar-refractivity contribution in [1.29, 1.82) is 0 Å². The molecule has 1 aliphatic carbocycles. The number of benzene rings is 1. The summed E-state index contributed by atoms with van der Waals surface area (Å²) in [5.74, 6) is -0.872. The third-order valence-electron chi connectivity index (χ3n) is 6.73. The van der Waals surface area contributed by atoms with Crippen LogP contribution >= 0.6 is 11.3 Å². The Kier molecular flexibility index (Phi) is 7.95. The highest BCUT2D eigenvalue weighted by Gasteiger charge is 2.27. The van der Waals surface area contributed by atoms with E-state index >= 15 is 0 Å². The normalized spacial score (nSPS) is 19.1. The monoisotopic (exact) mass is 484 g/mol. The zero-order chi connectivity index (χ0) is 24.1. The smallest absolute Gasteiger partial charge is 0.325 e. The number of likely N-dealkylation sites (tertiary alicyclic amines) is 1. The predicted molar refractivity (Wildman–Crippen MR) is 133 cm³/mol. The predicted octanol–water partition coefficient (Wildman–Crippen LogP) is 4.81. The summed E-state index contributed by atoms with van der Waals surface area (Å²) in [6.45, 7) is 4.17. The Balaban J connectivity index is 1.32. The number of anilines is 2. The second-order valence-corrected chi connectivity index (χ2v) is 10.2. The first-order valence-corrected chi connectivity index (χ1v) is 12.9. The number of nitrogens with one attached hydrogen (secondary N) is 2. The number of carboxylic acid groups (broad SMARTS) is 1. The van der Waals surface area contributed by atoms with Gasteiger partial charge in [-0.1, -0.05) is 24.5 Å². The van der Waals surface area contributed by atoms with E-state index in [1.807, 2.05) is 24.4 Å². The number of aromatic nitrogens is 1. The first-order valence-electron chi connectivity index (χ1n) is 12.0. The average molecular weight is 485 g/mol. The molecule has 1 aromatic heterocycles. The first-order chi connectivity index (χ1) is 16.4. The standard InChI is InChI=1S/C25H32N4O4S/c1-16-8-9-21(20(13-16)22(30)17-5-2-3-6-17)27-24(33)28-25-26-19(15-34-25)10-12-29-11-4-7-18(14-29)23(31)32/h8-9,13,15,17-18H,2-7,10-12,14H2,1H3,(H,31,32)(H2,26,27,28,33)/t18-/m0/s1. The van der Waals surface area contributed by atoms with Crippen LogP contribution in [-0.4, -0.2) is 52.4 Å². The Labute approximate surface area is 203 Å². The molecule has 0 radical (unpaired) electrons. The van der Waals surface area contributed by atoms with Crippen molar-refractivity contribution in [2.45, 2.75) is 51.9 Å². The van der Waals surface area contributed by atoms with Gasteiger partial charge in [0.05, 0.1) is 17.3 Å². The Morgan fingerprint density at radius 2 is 1.88 bits per heavy atom. The summed E-state index contributed by atoms with van der Waals surface area (Å²) in [6, 6.07) is 5.10. The van der Waals surface area contributed by atoms with Crippen LogP contribution in [-0.2, 0) is 11.2 Å². The maximum atomic E-state index is 13.0. The van der Waals surface area contributed by atoms with Gasteiger partial charge in [0.15, 0.2) is 10.9 Å². The number of rotatable bonds is 8. The maximum Gasteiger partial charge on any atom is 0.325 e. The highest BCUT2D eigenvalue weighted by atomic mass is 32.1. The number of thiazole rings is 1. The zero-order valence-corrected chi connectivity index (χ0v) is 20.3. The SMILES string of the molecule is Cc1ccc(NC(=O)Nc2nc(CCN3CCC[C@H](C(=O)O)C3)cs2)c(C(=O)C2CCCC2)c1. The molecule has 0 bridgehead atoms. The molecule has 0 spiro atoms. The molecule has 34 heavy (non-hydrogen) atoms. The molecule has 2 aliphatic rings. The van der Waals surface area contributed by atoms with E-state index in [9.17, 15) is 19.5 Å². The number of aliphatic carboxylic acids is 1. The molecule has 1 saturated heterocycles. The second-order valence-electron chi connectivity index (χ2n) is 9.35. The second kappa shape index (κ2) is 11.1. The van der Waals surface area contributed by atoms with Gasteiger partial charge in [-0.25, -0.2) is 9.78 Å². The van der Waals surface area contributed by atoms with Crippen LogP contribution in [0.15, 0.2) is 23.6 Å². The molecular weight excluding hydrogens is 452 g/mol. The lowest BCUT2D eigenvalue weighted by Gasteiger charge is -2.30. The van der Waals surface area contributed by atoms with Crippen LogP contribution in [0.2, 0.25) is 0 Å². The number of piperidine rings is 1. The summed E-state index contributed by atoms with van der Waals surface area (Å²) in [4.78, 5) is 43.6. The average Bonchev–Trinajstić information content (AvgIpc) is 3.51. The van der Waals surface area contributed by atoms with E-state index in [0.29, 0.717) is 29.3 Å². The van der Waals surface area contributed by atoms with Crippen LogP contribution in [0.5, 0.6) is 0 Å². The van der Waals surface area contributed by atoms with Gasteiger partial charge < -0.3 is 15.3 Å². The van der Waals surface area contributed by atoms with Gasteiger partial charge >= 0.3 is 12.0 Å². The number of aryl methyl sites for hydroxylation is 1. The van der Waals surface area contributed by atoms with E-state index < -0.39 is 12.0 Å². The number of nitrogens with zero attached hydrogens (tertiary/aromatic N) is 2. The molecule has 2 fully saturated rings. The van der Waals surface area contributed by atoms with Crippen LogP contribution in [0, 0.1) is 18.8 Å². The molecule has 8 nitrogen and oxygen atoms in total. The zero-order valence-electron chi connectivity index (χ0n) is 19.5. The molecule has 2 amide bonds. The molecular formula is C25H32N4O4S. The molecule has 4 rings (SSSR count). The number of carbonyl (C=O) groups is 3. The van der Waals surface area contributed by atoms with Gasteiger partial charge in [0.2, 0.25) is 0 Å². The molecule has 1 aromatic carbocycles. The van der Waals surface area contributed by atoms with Crippen molar-refractivity contribution in [3.8, 4) is 0 Å². The fraction of sp³-hybridized carbons (Fsp3) is 0.520. The van der Waals surface area contributed by atoms with Crippen molar-refractivity contribution in [2.24, 2.45) is 11.8 Å². The van der Waals surface area contributed by atoms with E-state index in [2.05, 4.69) is 20.5 Å². The lowest BCUT2D eigenvalue weighted by molar-refractivity contribution is -0.143. The number of amides is 2. The van der Waals surface area contributed by atoms with Crippen molar-refractivity contribution in [3.63, 3.8) is 0 Å². The summed E-state index contributed by atoms with van der Waals surface area (Å²) in [5, 5.41) is 17.3. The highest BCUT2D eigenvalue weighted by molar-refractivity contribution is 7.13. The molecule has 2 heterocycles. The van der Waals surface area contributed by atoms with Gasteiger partial charge in [-0.3, -0.25) is 14.9 Å². The molecule has 1 atom stereocenters. The number of carboxylic acids is 1. The quantitative estimate of drug-likeness (QED) is 0.464. The summed E-state index contributed by atoms with van der Waals surface area (Å²) in [6.07, 6.45) is 6.31. The topological polar surface area (TPSA) is 112 Å². The van der Waals surface area contributed by atoms with Crippen LogP contribution in [0.1, 0.15) is 60.1 Å². The van der Waals surface area contributed by atoms with Gasteiger partial charge in [0, 0.05) is 36.4 Å². The van der Waals surface area contributed by atoms with E-state index in [0.717, 1.165) is 62.9 Å². The van der Waals surface area contributed by atoms with Crippen molar-refractivity contribution < 1.29 is 19.5 Å². The minimum Gasteiger partial charge on any atom is -0.481 e. The van der Waals surface area contributed by atoms with Crippen molar-refractivity contribution in [1.82, 2.24) is 9.88 Å². The van der Waals surface area contributed by atoms with Crippen LogP contribution < -0.4 is 10.6 Å². The Morgan fingerprint density at radius 3 is 2.65 bits per heavy atom. The Hall–Kier alpha value is -2.78. The fourth-order valence-electron chi connectivity index (χ4n) is 4.84. The lowest BCUT2D eigenvalue weighted by Crippen LogP contribution is -2.39.